The fourth-order valence-corrected chi connectivity index (χ4v) is 5.77. The molecule has 0 saturated heterocycles. The Hall–Kier alpha value is -2.54. The van der Waals surface area contributed by atoms with E-state index in [1.54, 1.807) is 11.3 Å². The first kappa shape index (κ1) is 21.3. The molecule has 2 aliphatic heterocycles. The number of nitrogens with one attached hydrogen (secondary N) is 2. The van der Waals surface area contributed by atoms with E-state index in [1.165, 1.54) is 10.4 Å². The van der Waals surface area contributed by atoms with Crippen LogP contribution in [-0.4, -0.2) is 23.4 Å². The van der Waals surface area contributed by atoms with Crippen molar-refractivity contribution in [3.8, 4) is 5.75 Å². The van der Waals surface area contributed by atoms with Gasteiger partial charge in [-0.05, 0) is 49.6 Å². The minimum atomic E-state index is -0.256. The number of nitrogens with zero attached hydrogens (tertiary/aromatic N) is 1. The fraction of sp³-hybridized carbons (Fsp3) is 0.320. The van der Waals surface area contributed by atoms with E-state index in [1.807, 2.05) is 48.5 Å². The van der Waals surface area contributed by atoms with Crippen LogP contribution in [0.5, 0.6) is 5.75 Å². The second-order valence-electron chi connectivity index (χ2n) is 8.52. The predicted octanol–water partition coefficient (Wildman–Crippen LogP) is 5.60. The van der Waals surface area contributed by atoms with Gasteiger partial charge in [-0.25, -0.2) is 0 Å². The summed E-state index contributed by atoms with van der Waals surface area (Å²) in [4.78, 5) is 16.7. The quantitative estimate of drug-likeness (QED) is 0.512. The molecule has 166 valence electrons. The van der Waals surface area contributed by atoms with Crippen LogP contribution in [0.25, 0.3) is 0 Å². The van der Waals surface area contributed by atoms with Crippen LogP contribution in [0, 0.1) is 0 Å². The first-order valence-electron chi connectivity index (χ1n) is 10.9. The minimum Gasteiger partial charge on any atom is -0.489 e. The van der Waals surface area contributed by atoms with Gasteiger partial charge in [0.15, 0.2) is 0 Å². The van der Waals surface area contributed by atoms with Crippen LogP contribution in [0.15, 0.2) is 48.5 Å². The lowest BCUT2D eigenvalue weighted by molar-refractivity contribution is 0.0934. The SMILES string of the molecule is CC(C)N1CCc2c(sc3c2C(=O)N[C@H](c2ccc(OCc4ccccc4Cl)cc2)N3)C1. The lowest BCUT2D eigenvalue weighted by Crippen LogP contribution is -2.39. The number of fused-ring (bicyclic) bond motifs is 3. The molecule has 0 spiro atoms. The monoisotopic (exact) mass is 467 g/mol. The third-order valence-electron chi connectivity index (χ3n) is 6.16. The highest BCUT2D eigenvalue weighted by Crippen LogP contribution is 2.41. The summed E-state index contributed by atoms with van der Waals surface area (Å²) in [7, 11) is 0. The Morgan fingerprint density at radius 2 is 1.94 bits per heavy atom. The van der Waals surface area contributed by atoms with Gasteiger partial charge in [0.2, 0.25) is 0 Å². The zero-order chi connectivity index (χ0) is 22.2. The maximum absolute atomic E-state index is 13.0. The van der Waals surface area contributed by atoms with Gasteiger partial charge in [0, 0.05) is 34.6 Å². The van der Waals surface area contributed by atoms with Gasteiger partial charge in [0.1, 0.15) is 23.5 Å². The number of carbonyl (C=O) groups excluding carboxylic acids is 1. The lowest BCUT2D eigenvalue weighted by Gasteiger charge is -2.31. The lowest BCUT2D eigenvalue weighted by atomic mass is 9.99. The molecule has 5 rings (SSSR count). The van der Waals surface area contributed by atoms with Gasteiger partial charge in [0.25, 0.3) is 5.91 Å². The van der Waals surface area contributed by atoms with Gasteiger partial charge >= 0.3 is 0 Å². The van der Waals surface area contributed by atoms with Crippen molar-refractivity contribution in [2.75, 3.05) is 11.9 Å². The van der Waals surface area contributed by atoms with Crippen molar-refractivity contribution in [2.24, 2.45) is 0 Å². The molecule has 7 heteroatoms. The third kappa shape index (κ3) is 4.10. The average Bonchev–Trinajstić information content (AvgIpc) is 3.17. The zero-order valence-corrected chi connectivity index (χ0v) is 19.7. The summed E-state index contributed by atoms with van der Waals surface area (Å²) in [5.41, 5.74) is 3.99. The molecule has 0 aliphatic carbocycles. The van der Waals surface area contributed by atoms with Crippen molar-refractivity contribution in [1.82, 2.24) is 10.2 Å². The van der Waals surface area contributed by atoms with Crippen molar-refractivity contribution >= 4 is 33.8 Å². The Kier molecular flexibility index (Phi) is 5.84. The highest BCUT2D eigenvalue weighted by Gasteiger charge is 2.33. The van der Waals surface area contributed by atoms with Crippen LogP contribution in [-0.2, 0) is 19.6 Å². The average molecular weight is 468 g/mol. The standard InChI is InChI=1S/C25H26ClN3O2S/c1-15(2)29-12-11-19-21(13-29)32-25-22(19)24(30)27-23(28-25)16-7-9-18(10-8-16)31-14-17-5-3-4-6-20(17)26/h3-10,15,23,28H,11-14H2,1-2H3,(H,27,30)/t23-/m0/s1. The highest BCUT2D eigenvalue weighted by atomic mass is 35.5. The van der Waals surface area contributed by atoms with Crippen molar-refractivity contribution < 1.29 is 9.53 Å². The normalized spacial score (nSPS) is 18.0. The Labute approximate surface area is 197 Å². The number of hydrogen-bond acceptors (Lipinski definition) is 5. The second kappa shape index (κ2) is 8.77. The fourth-order valence-electron chi connectivity index (χ4n) is 4.28. The molecular formula is C25H26ClN3O2S. The molecule has 2 N–H and O–H groups in total. The molecule has 0 fully saturated rings. The van der Waals surface area contributed by atoms with Crippen LogP contribution in [0.1, 0.15) is 51.9 Å². The summed E-state index contributed by atoms with van der Waals surface area (Å²) in [6.45, 7) is 6.78. The van der Waals surface area contributed by atoms with Crippen LogP contribution >= 0.6 is 22.9 Å². The summed E-state index contributed by atoms with van der Waals surface area (Å²) in [5, 5.41) is 8.35. The molecule has 0 bridgehead atoms. The van der Waals surface area contributed by atoms with E-state index in [-0.39, 0.29) is 12.1 Å². The van der Waals surface area contributed by atoms with E-state index < -0.39 is 0 Å². The summed E-state index contributed by atoms with van der Waals surface area (Å²) >= 11 is 7.92. The Morgan fingerprint density at radius 1 is 1.16 bits per heavy atom. The molecule has 1 atom stereocenters. The van der Waals surface area contributed by atoms with Gasteiger partial charge in [-0.3, -0.25) is 9.69 Å². The van der Waals surface area contributed by atoms with E-state index in [0.29, 0.717) is 17.7 Å². The smallest absolute Gasteiger partial charge is 0.256 e. The van der Waals surface area contributed by atoms with Crippen LogP contribution in [0.4, 0.5) is 5.00 Å². The Bertz CT molecular complexity index is 1140. The molecule has 2 aromatic carbocycles. The highest BCUT2D eigenvalue weighted by molar-refractivity contribution is 7.16. The molecule has 0 saturated carbocycles. The Morgan fingerprint density at radius 3 is 2.69 bits per heavy atom. The number of hydrogen-bond donors (Lipinski definition) is 2. The van der Waals surface area contributed by atoms with Crippen molar-refractivity contribution in [3.05, 3.63) is 80.7 Å². The first-order valence-corrected chi connectivity index (χ1v) is 12.1. The van der Waals surface area contributed by atoms with Gasteiger partial charge in [-0.2, -0.15) is 0 Å². The number of rotatable bonds is 5. The number of anilines is 1. The number of halogens is 1. The van der Waals surface area contributed by atoms with Gasteiger partial charge in [-0.1, -0.05) is 41.9 Å². The third-order valence-corrected chi connectivity index (χ3v) is 7.68. The molecule has 2 aliphatic rings. The molecule has 3 heterocycles. The second-order valence-corrected chi connectivity index (χ2v) is 10.0. The largest absolute Gasteiger partial charge is 0.489 e. The van der Waals surface area contributed by atoms with E-state index in [4.69, 9.17) is 16.3 Å². The zero-order valence-electron chi connectivity index (χ0n) is 18.2. The number of benzene rings is 2. The van der Waals surface area contributed by atoms with Gasteiger partial charge in [0.05, 0.1) is 5.56 Å². The van der Waals surface area contributed by atoms with Gasteiger partial charge < -0.3 is 15.4 Å². The first-order chi connectivity index (χ1) is 15.5. The van der Waals surface area contributed by atoms with Crippen LogP contribution in [0.2, 0.25) is 5.02 Å². The molecule has 0 unspecified atom stereocenters. The molecule has 1 amide bonds. The summed E-state index contributed by atoms with van der Waals surface area (Å²) in [6.07, 6.45) is 0.672. The maximum Gasteiger partial charge on any atom is 0.256 e. The molecule has 3 aromatic rings. The van der Waals surface area contributed by atoms with Gasteiger partial charge in [-0.15, -0.1) is 11.3 Å². The molecule has 32 heavy (non-hydrogen) atoms. The number of carbonyl (C=O) groups is 1. The van der Waals surface area contributed by atoms with E-state index in [0.717, 1.165) is 47.0 Å². The molecular weight excluding hydrogens is 442 g/mol. The number of thiophene rings is 1. The maximum atomic E-state index is 13.0. The number of ether oxygens (including phenoxy) is 1. The van der Waals surface area contributed by atoms with Crippen molar-refractivity contribution in [1.29, 1.82) is 0 Å². The van der Waals surface area contributed by atoms with E-state index in [9.17, 15) is 4.79 Å². The van der Waals surface area contributed by atoms with Crippen molar-refractivity contribution in [2.45, 2.75) is 45.6 Å². The van der Waals surface area contributed by atoms with Crippen LogP contribution < -0.4 is 15.4 Å². The van der Waals surface area contributed by atoms with E-state index in [2.05, 4.69) is 29.4 Å². The molecule has 1 aromatic heterocycles. The number of amides is 1. The van der Waals surface area contributed by atoms with Crippen LogP contribution in [0.3, 0.4) is 0 Å². The Balaban J connectivity index is 1.29. The topological polar surface area (TPSA) is 53.6 Å². The van der Waals surface area contributed by atoms with E-state index >= 15 is 0 Å². The molecule has 0 radical (unpaired) electrons. The minimum absolute atomic E-state index is 0.0123. The summed E-state index contributed by atoms with van der Waals surface area (Å²) in [5.74, 6) is 0.773. The summed E-state index contributed by atoms with van der Waals surface area (Å²) < 4.78 is 5.88. The predicted molar refractivity (Wildman–Crippen MR) is 130 cm³/mol. The molecule has 5 nitrogen and oxygen atoms in total. The summed E-state index contributed by atoms with van der Waals surface area (Å²) in [6, 6.07) is 16.0. The van der Waals surface area contributed by atoms with Crippen molar-refractivity contribution in [3.63, 3.8) is 0 Å².